The van der Waals surface area contributed by atoms with Crippen LogP contribution < -0.4 is 10.1 Å². The lowest BCUT2D eigenvalue weighted by atomic mass is 10.0. The van der Waals surface area contributed by atoms with Crippen molar-refractivity contribution in [1.29, 1.82) is 5.26 Å². The van der Waals surface area contributed by atoms with Crippen molar-refractivity contribution in [1.82, 2.24) is 15.1 Å². The Labute approximate surface area is 185 Å². The van der Waals surface area contributed by atoms with Gasteiger partial charge in [0.15, 0.2) is 18.3 Å². The van der Waals surface area contributed by atoms with Crippen molar-refractivity contribution >= 4 is 12.1 Å². The molecule has 1 saturated heterocycles. The average Bonchev–Trinajstić information content (AvgIpc) is 2.78. The number of hydrogen-bond acceptors (Lipinski definition) is 8. The number of rotatable bonds is 7. The molecule has 1 aliphatic heterocycles. The first kappa shape index (κ1) is 24.7. The van der Waals surface area contributed by atoms with Gasteiger partial charge in [0.25, 0.3) is 0 Å². The second-order valence-corrected chi connectivity index (χ2v) is 6.96. The summed E-state index contributed by atoms with van der Waals surface area (Å²) in [5.74, 6) is -0.836. The highest BCUT2D eigenvalue weighted by atomic mass is 19.1. The van der Waals surface area contributed by atoms with E-state index in [4.69, 9.17) is 14.7 Å². The molecule has 3 rings (SSSR count). The average molecular weight is 445 g/mol. The summed E-state index contributed by atoms with van der Waals surface area (Å²) in [4.78, 5) is 12.1. The van der Waals surface area contributed by atoms with E-state index in [1.807, 2.05) is 7.05 Å². The van der Waals surface area contributed by atoms with Crippen LogP contribution in [-0.2, 0) is 9.53 Å². The molecule has 0 amide bonds. The predicted molar refractivity (Wildman–Crippen MR) is 114 cm³/mol. The zero-order chi connectivity index (χ0) is 23.5. The molecular formula is C22H25F2N5O3. The van der Waals surface area contributed by atoms with Crippen molar-refractivity contribution in [3.05, 3.63) is 60.0 Å². The number of likely N-dealkylation sites (N-methyl/N-ethyl adjacent to an activating group) is 1. The topological polar surface area (TPSA) is 100 Å². The van der Waals surface area contributed by atoms with Crippen molar-refractivity contribution in [3.63, 3.8) is 0 Å². The summed E-state index contributed by atoms with van der Waals surface area (Å²) < 4.78 is 35.8. The van der Waals surface area contributed by atoms with Crippen molar-refractivity contribution in [3.8, 4) is 11.8 Å². The van der Waals surface area contributed by atoms with Crippen LogP contribution in [0.15, 0.2) is 37.2 Å². The minimum atomic E-state index is -0.719. The van der Waals surface area contributed by atoms with Gasteiger partial charge in [-0.3, -0.25) is 9.69 Å². The number of aldehydes is 1. The fourth-order valence-corrected chi connectivity index (χ4v) is 3.18. The summed E-state index contributed by atoms with van der Waals surface area (Å²) in [6.07, 6.45) is 5.37. The second-order valence-electron chi connectivity index (χ2n) is 6.96. The van der Waals surface area contributed by atoms with Gasteiger partial charge in [-0.15, -0.1) is 5.10 Å². The van der Waals surface area contributed by atoms with Crippen LogP contribution in [-0.4, -0.2) is 53.9 Å². The molecule has 1 aliphatic rings. The number of benzene rings is 1. The molecule has 2 atom stereocenters. The Morgan fingerprint density at radius 2 is 2.22 bits per heavy atom. The van der Waals surface area contributed by atoms with E-state index in [0.717, 1.165) is 31.5 Å². The smallest absolute Gasteiger partial charge is 0.171 e. The zero-order valence-electron chi connectivity index (χ0n) is 17.9. The number of anilines is 1. The minimum Gasteiger partial charge on any atom is -0.486 e. The van der Waals surface area contributed by atoms with Gasteiger partial charge in [-0.05, 0) is 32.9 Å². The van der Waals surface area contributed by atoms with Crippen LogP contribution in [0.25, 0.3) is 0 Å². The number of carbonyl (C=O) groups excluding carboxylic acids is 1. The van der Waals surface area contributed by atoms with Gasteiger partial charge in [-0.1, -0.05) is 6.58 Å². The lowest BCUT2D eigenvalue weighted by molar-refractivity contribution is -0.109. The van der Waals surface area contributed by atoms with E-state index in [1.165, 1.54) is 19.4 Å². The summed E-state index contributed by atoms with van der Waals surface area (Å²) in [6.45, 7) is 5.83. The third-order valence-corrected chi connectivity index (χ3v) is 4.77. The zero-order valence-corrected chi connectivity index (χ0v) is 17.9. The summed E-state index contributed by atoms with van der Waals surface area (Å²) in [5.41, 5.74) is 0.684. The number of halogens is 2. The van der Waals surface area contributed by atoms with Gasteiger partial charge in [0.1, 0.15) is 30.1 Å². The number of aromatic nitrogens is 2. The number of piperidine rings is 1. The lowest BCUT2D eigenvalue weighted by Crippen LogP contribution is -2.50. The van der Waals surface area contributed by atoms with Crippen LogP contribution in [0.4, 0.5) is 14.6 Å². The summed E-state index contributed by atoms with van der Waals surface area (Å²) in [5, 5.41) is 20.1. The highest BCUT2D eigenvalue weighted by Crippen LogP contribution is 2.23. The first-order chi connectivity index (χ1) is 15.4. The maximum atomic E-state index is 12.9. The molecule has 1 N–H and O–H groups in total. The maximum Gasteiger partial charge on any atom is 0.171 e. The molecule has 2 aromatic rings. The molecule has 1 fully saturated rings. The molecule has 0 radical (unpaired) electrons. The van der Waals surface area contributed by atoms with Gasteiger partial charge in [-0.2, -0.15) is 10.4 Å². The number of nitrogens with one attached hydrogen (secondary N) is 1. The van der Waals surface area contributed by atoms with Gasteiger partial charge in [-0.25, -0.2) is 8.78 Å². The highest BCUT2D eigenvalue weighted by Gasteiger charge is 2.30. The predicted octanol–water partition coefficient (Wildman–Crippen LogP) is 3.19. The highest BCUT2D eigenvalue weighted by molar-refractivity contribution is 5.52. The van der Waals surface area contributed by atoms with E-state index in [1.54, 1.807) is 6.07 Å². The summed E-state index contributed by atoms with van der Waals surface area (Å²) in [6, 6.07) is 5.61. The van der Waals surface area contributed by atoms with Crippen molar-refractivity contribution < 1.29 is 23.0 Å². The SMILES string of the molecule is C=CO[C@H]1C(Nc2nnccc2C#N)CCCN1C.Cc1c(F)cc(F)cc1OCC=O. The number of hydrogen-bond donors (Lipinski definition) is 1. The van der Waals surface area contributed by atoms with E-state index in [9.17, 15) is 13.6 Å². The number of ether oxygens (including phenoxy) is 2. The summed E-state index contributed by atoms with van der Waals surface area (Å²) in [7, 11) is 2.00. The molecule has 2 heterocycles. The molecule has 1 unspecified atom stereocenters. The molecular weight excluding hydrogens is 420 g/mol. The third kappa shape index (κ3) is 6.72. The number of carbonyl (C=O) groups is 1. The van der Waals surface area contributed by atoms with Crippen LogP contribution in [0.1, 0.15) is 24.0 Å². The van der Waals surface area contributed by atoms with Gasteiger partial charge in [0.05, 0.1) is 24.1 Å². The molecule has 8 nitrogen and oxygen atoms in total. The van der Waals surface area contributed by atoms with Crippen molar-refractivity contribution in [2.24, 2.45) is 0 Å². The fraction of sp³-hybridized carbons (Fsp3) is 0.364. The maximum absolute atomic E-state index is 12.9. The van der Waals surface area contributed by atoms with Gasteiger partial charge in [0.2, 0.25) is 0 Å². The van der Waals surface area contributed by atoms with Gasteiger partial charge in [0, 0.05) is 24.2 Å². The second kappa shape index (κ2) is 12.3. The van der Waals surface area contributed by atoms with Crippen LogP contribution in [0.3, 0.4) is 0 Å². The molecule has 1 aromatic carbocycles. The Kier molecular flexibility index (Phi) is 9.50. The fourth-order valence-electron chi connectivity index (χ4n) is 3.18. The van der Waals surface area contributed by atoms with E-state index in [2.05, 4.69) is 33.1 Å². The number of nitrogens with zero attached hydrogens (tertiary/aromatic N) is 4. The van der Waals surface area contributed by atoms with Crippen molar-refractivity contribution in [2.75, 3.05) is 25.5 Å². The molecule has 0 saturated carbocycles. The Hall–Kier alpha value is -3.58. The summed E-state index contributed by atoms with van der Waals surface area (Å²) >= 11 is 0. The number of likely N-dealkylation sites (tertiary alicyclic amines) is 1. The van der Waals surface area contributed by atoms with E-state index in [-0.39, 0.29) is 30.2 Å². The van der Waals surface area contributed by atoms with Crippen LogP contribution in [0.5, 0.6) is 5.75 Å². The first-order valence-electron chi connectivity index (χ1n) is 9.88. The largest absolute Gasteiger partial charge is 0.486 e. The Balaban J connectivity index is 0.000000244. The first-order valence-corrected chi connectivity index (χ1v) is 9.88. The molecule has 170 valence electrons. The molecule has 0 bridgehead atoms. The Morgan fingerprint density at radius 3 is 2.91 bits per heavy atom. The van der Waals surface area contributed by atoms with E-state index < -0.39 is 11.6 Å². The molecule has 0 aliphatic carbocycles. The van der Waals surface area contributed by atoms with Gasteiger partial charge >= 0.3 is 0 Å². The normalized spacial score (nSPS) is 17.8. The molecule has 1 aromatic heterocycles. The third-order valence-electron chi connectivity index (χ3n) is 4.77. The van der Waals surface area contributed by atoms with Crippen LogP contribution in [0.2, 0.25) is 0 Å². The van der Waals surface area contributed by atoms with Gasteiger partial charge < -0.3 is 14.8 Å². The monoisotopic (exact) mass is 445 g/mol. The Bertz CT molecular complexity index is 967. The molecule has 32 heavy (non-hydrogen) atoms. The van der Waals surface area contributed by atoms with E-state index >= 15 is 0 Å². The van der Waals surface area contributed by atoms with Crippen LogP contribution in [0, 0.1) is 29.9 Å². The standard InChI is InChI=1S/C13H17N5O.C9H8F2O2/c1-3-19-13-11(5-4-8-18(13)2)16-12-10(9-14)6-7-15-17-12;1-6-8(11)4-7(10)5-9(6)13-3-2-12/h3,6-7,11,13H,1,4-5,8H2,2H3,(H,16,17);2,4-5H,3H2,1H3/t11?,13-;/m0./s1. The Morgan fingerprint density at radius 1 is 1.44 bits per heavy atom. The molecule has 0 spiro atoms. The lowest BCUT2D eigenvalue weighted by Gasteiger charge is -2.38. The quantitative estimate of drug-likeness (QED) is 0.512. The minimum absolute atomic E-state index is 0.0561. The van der Waals surface area contributed by atoms with Crippen LogP contribution >= 0.6 is 0 Å². The number of nitriles is 1. The van der Waals surface area contributed by atoms with E-state index in [0.29, 0.717) is 17.7 Å². The van der Waals surface area contributed by atoms with Crippen molar-refractivity contribution in [2.45, 2.75) is 32.0 Å². The molecule has 10 heteroatoms.